The molecule has 1 unspecified atom stereocenters. The zero-order valence-corrected chi connectivity index (χ0v) is 27.5. The Hall–Kier alpha value is -3.92. The standard InChI is InChI=1S/C34H40N4O5.CH3Cl/c1-5-30(39)25-12-15-28-27(20-25)34(41)38(29-8-6-7-9-31(29)43-23(2)3)32(35-28)21-36-16-18-37(19-17-36)33(40)22-42-26-13-10-24(4)11-14-26;1-2/h6-15,20,23,30,39H,5,16-19,21-22H2,1-4H3;1H3. The van der Waals surface area contributed by atoms with E-state index in [9.17, 15) is 14.7 Å². The summed E-state index contributed by atoms with van der Waals surface area (Å²) in [7, 11) is 0. The highest BCUT2D eigenvalue weighted by Gasteiger charge is 2.24. The minimum absolute atomic E-state index is 0.00378. The summed E-state index contributed by atoms with van der Waals surface area (Å²) in [5, 5.41) is 10.9. The predicted molar refractivity (Wildman–Crippen MR) is 179 cm³/mol. The number of nitrogens with zero attached hydrogens (tertiary/aromatic N) is 4. The van der Waals surface area contributed by atoms with Crippen molar-refractivity contribution in [1.82, 2.24) is 19.4 Å². The third-order valence-electron chi connectivity index (χ3n) is 7.68. The number of ether oxygens (including phenoxy) is 2. The SMILES string of the molecule is CCC(O)c1ccc2nc(CN3CCN(C(=O)COc4ccc(C)cc4)CC3)n(-c3ccccc3OC(C)C)c(=O)c2c1.CCl. The van der Waals surface area contributed by atoms with E-state index < -0.39 is 6.10 Å². The molecule has 1 aromatic heterocycles. The van der Waals surface area contributed by atoms with Crippen molar-refractivity contribution in [3.8, 4) is 17.2 Å². The van der Waals surface area contributed by atoms with Gasteiger partial charge in [0.25, 0.3) is 11.5 Å². The fourth-order valence-electron chi connectivity index (χ4n) is 5.27. The number of benzene rings is 3. The second-order valence-electron chi connectivity index (χ2n) is 11.3. The highest BCUT2D eigenvalue weighted by molar-refractivity contribution is 6.15. The van der Waals surface area contributed by atoms with E-state index in [1.165, 1.54) is 6.38 Å². The Morgan fingerprint density at radius 2 is 1.69 bits per heavy atom. The van der Waals surface area contributed by atoms with Gasteiger partial charge in [0, 0.05) is 32.6 Å². The number of halogens is 1. The molecule has 3 aromatic carbocycles. The monoisotopic (exact) mass is 634 g/mol. The Balaban J connectivity index is 0.00000226. The number of aromatic nitrogens is 2. The van der Waals surface area contributed by atoms with E-state index in [2.05, 4.69) is 16.5 Å². The highest BCUT2D eigenvalue weighted by atomic mass is 35.5. The molecule has 0 spiro atoms. The molecule has 1 fully saturated rings. The summed E-state index contributed by atoms with van der Waals surface area (Å²) in [4.78, 5) is 36.0. The van der Waals surface area contributed by atoms with Gasteiger partial charge < -0.3 is 19.5 Å². The van der Waals surface area contributed by atoms with Gasteiger partial charge in [-0.05, 0) is 69.2 Å². The van der Waals surface area contributed by atoms with Crippen LogP contribution in [0.15, 0.2) is 71.5 Å². The van der Waals surface area contributed by atoms with Crippen molar-refractivity contribution in [3.63, 3.8) is 0 Å². The molecule has 1 amide bonds. The summed E-state index contributed by atoms with van der Waals surface area (Å²) in [5.41, 5.74) is 2.80. The number of rotatable bonds is 10. The number of para-hydroxylation sites is 2. The van der Waals surface area contributed by atoms with Gasteiger partial charge in [-0.15, -0.1) is 11.6 Å². The number of piperazine rings is 1. The first kappa shape index (κ1) is 34.0. The Morgan fingerprint density at radius 1 is 1.00 bits per heavy atom. The maximum atomic E-state index is 14.1. The Bertz CT molecular complexity index is 1630. The van der Waals surface area contributed by atoms with Gasteiger partial charge in [0.2, 0.25) is 0 Å². The van der Waals surface area contributed by atoms with Crippen molar-refractivity contribution in [2.45, 2.75) is 52.9 Å². The molecular weight excluding hydrogens is 592 g/mol. The first-order chi connectivity index (χ1) is 21.7. The second kappa shape index (κ2) is 15.9. The summed E-state index contributed by atoms with van der Waals surface area (Å²) in [6.07, 6.45) is 1.28. The molecule has 9 nitrogen and oxygen atoms in total. The van der Waals surface area contributed by atoms with Gasteiger partial charge in [-0.2, -0.15) is 0 Å². The number of amides is 1. The lowest BCUT2D eigenvalue weighted by atomic mass is 10.0. The molecule has 5 rings (SSSR count). The molecular formula is C35H43ClN4O5. The molecule has 0 bridgehead atoms. The molecule has 1 aliphatic heterocycles. The fourth-order valence-corrected chi connectivity index (χ4v) is 5.27. The molecule has 10 heteroatoms. The number of carbonyl (C=O) groups excluding carboxylic acids is 1. The van der Waals surface area contributed by atoms with Gasteiger partial charge in [-0.25, -0.2) is 4.98 Å². The molecule has 0 saturated carbocycles. The number of aliphatic hydroxyl groups excluding tert-OH is 1. The third-order valence-corrected chi connectivity index (χ3v) is 7.68. The van der Waals surface area contributed by atoms with E-state index in [0.29, 0.717) is 78.6 Å². The van der Waals surface area contributed by atoms with Crippen molar-refractivity contribution in [1.29, 1.82) is 0 Å². The number of hydrogen-bond donors (Lipinski definition) is 1. The third kappa shape index (κ3) is 8.42. The molecule has 1 saturated heterocycles. The lowest BCUT2D eigenvalue weighted by Gasteiger charge is -2.34. The van der Waals surface area contributed by atoms with E-state index in [4.69, 9.17) is 14.5 Å². The van der Waals surface area contributed by atoms with Crippen LogP contribution in [0, 0.1) is 6.92 Å². The molecule has 0 radical (unpaired) electrons. The average Bonchev–Trinajstić information content (AvgIpc) is 3.05. The molecule has 1 atom stereocenters. The fraction of sp³-hybridized carbons (Fsp3) is 0.400. The summed E-state index contributed by atoms with van der Waals surface area (Å²) in [5.74, 6) is 1.81. The lowest BCUT2D eigenvalue weighted by molar-refractivity contribution is -0.135. The number of hydrogen-bond acceptors (Lipinski definition) is 7. The Labute approximate surface area is 270 Å². The van der Waals surface area contributed by atoms with E-state index in [0.717, 1.165) is 5.56 Å². The van der Waals surface area contributed by atoms with Crippen LogP contribution in [0.25, 0.3) is 16.6 Å². The van der Waals surface area contributed by atoms with Crippen molar-refractivity contribution in [2.75, 3.05) is 39.2 Å². The number of carbonyl (C=O) groups is 1. The van der Waals surface area contributed by atoms with Gasteiger partial charge >= 0.3 is 0 Å². The van der Waals surface area contributed by atoms with Crippen LogP contribution >= 0.6 is 11.6 Å². The normalized spacial score (nSPS) is 14.2. The van der Waals surface area contributed by atoms with Crippen LogP contribution in [0.4, 0.5) is 0 Å². The molecule has 1 aliphatic rings. The minimum Gasteiger partial charge on any atom is -0.489 e. The van der Waals surface area contributed by atoms with Crippen LogP contribution in [0.3, 0.4) is 0 Å². The van der Waals surface area contributed by atoms with Crippen LogP contribution in [-0.2, 0) is 11.3 Å². The molecule has 1 N–H and O–H groups in total. The van der Waals surface area contributed by atoms with E-state index in [-0.39, 0.29) is 24.2 Å². The molecule has 4 aromatic rings. The summed E-state index contributed by atoms with van der Waals surface area (Å²) in [6.45, 7) is 10.6. The van der Waals surface area contributed by atoms with Crippen LogP contribution in [0.2, 0.25) is 0 Å². The zero-order valence-electron chi connectivity index (χ0n) is 26.7. The zero-order chi connectivity index (χ0) is 32.5. The topological polar surface area (TPSA) is 97.1 Å². The van der Waals surface area contributed by atoms with Crippen molar-refractivity contribution in [2.24, 2.45) is 0 Å². The van der Waals surface area contributed by atoms with Gasteiger partial charge in [0.05, 0.1) is 35.3 Å². The number of fused-ring (bicyclic) bond motifs is 1. The molecule has 2 heterocycles. The van der Waals surface area contributed by atoms with Crippen LogP contribution in [0.5, 0.6) is 11.5 Å². The molecule has 45 heavy (non-hydrogen) atoms. The number of alkyl halides is 1. The smallest absolute Gasteiger partial charge is 0.266 e. The largest absolute Gasteiger partial charge is 0.489 e. The number of aryl methyl sites for hydroxylation is 1. The summed E-state index contributed by atoms with van der Waals surface area (Å²) in [6, 6.07) is 20.5. The van der Waals surface area contributed by atoms with Crippen LogP contribution in [0.1, 0.15) is 50.2 Å². The minimum atomic E-state index is -0.658. The van der Waals surface area contributed by atoms with E-state index >= 15 is 0 Å². The predicted octanol–water partition coefficient (Wildman–Crippen LogP) is 5.50. The van der Waals surface area contributed by atoms with Gasteiger partial charge in [-0.1, -0.05) is 42.8 Å². The maximum Gasteiger partial charge on any atom is 0.266 e. The van der Waals surface area contributed by atoms with Crippen LogP contribution in [-0.4, -0.2) is 75.6 Å². The van der Waals surface area contributed by atoms with Crippen LogP contribution < -0.4 is 15.0 Å². The van der Waals surface area contributed by atoms with Crippen molar-refractivity contribution < 1.29 is 19.4 Å². The van der Waals surface area contributed by atoms with Gasteiger partial charge in [0.15, 0.2) is 6.61 Å². The van der Waals surface area contributed by atoms with Gasteiger partial charge in [-0.3, -0.25) is 19.1 Å². The van der Waals surface area contributed by atoms with E-state index in [1.54, 1.807) is 16.7 Å². The quantitative estimate of drug-likeness (QED) is 0.230. The van der Waals surface area contributed by atoms with E-state index in [1.807, 2.05) is 87.2 Å². The highest BCUT2D eigenvalue weighted by Crippen LogP contribution is 2.26. The lowest BCUT2D eigenvalue weighted by Crippen LogP contribution is -2.50. The molecule has 240 valence electrons. The van der Waals surface area contributed by atoms with Gasteiger partial charge in [0.1, 0.15) is 17.3 Å². The van der Waals surface area contributed by atoms with Crippen molar-refractivity contribution >= 4 is 28.4 Å². The summed E-state index contributed by atoms with van der Waals surface area (Å²) < 4.78 is 13.4. The Kier molecular flexibility index (Phi) is 12.0. The molecule has 0 aliphatic carbocycles. The van der Waals surface area contributed by atoms with Crippen molar-refractivity contribution in [3.05, 3.63) is 94.0 Å². The Morgan fingerprint density at radius 3 is 2.36 bits per heavy atom. The maximum absolute atomic E-state index is 14.1. The average molecular weight is 635 g/mol. The first-order valence-electron chi connectivity index (χ1n) is 15.3. The second-order valence-corrected chi connectivity index (χ2v) is 11.3. The first-order valence-corrected chi connectivity index (χ1v) is 16.1. The number of aliphatic hydroxyl groups is 1. The summed E-state index contributed by atoms with van der Waals surface area (Å²) >= 11 is 4.64.